The molecule has 3 N–H and O–H groups in total. The Balaban J connectivity index is 1.70. The van der Waals surface area contributed by atoms with Crippen LogP contribution in [0.1, 0.15) is 24.0 Å². The summed E-state index contributed by atoms with van der Waals surface area (Å²) in [6.45, 7) is 3.70. The van der Waals surface area contributed by atoms with E-state index < -0.39 is 0 Å². The monoisotopic (exact) mass is 415 g/mol. The first-order valence-corrected chi connectivity index (χ1v) is 9.96. The summed E-state index contributed by atoms with van der Waals surface area (Å²) < 4.78 is 6.25. The van der Waals surface area contributed by atoms with Crippen LogP contribution in [0.5, 0.6) is 17.4 Å². The summed E-state index contributed by atoms with van der Waals surface area (Å²) in [5.41, 5.74) is 8.25. The number of aromatic hydroxyl groups is 1. The van der Waals surface area contributed by atoms with E-state index in [9.17, 15) is 5.11 Å². The maximum absolute atomic E-state index is 10.2. The van der Waals surface area contributed by atoms with E-state index in [4.69, 9.17) is 15.5 Å². The van der Waals surface area contributed by atoms with E-state index >= 15 is 0 Å². The lowest BCUT2D eigenvalue weighted by Gasteiger charge is -2.23. The molecule has 3 aromatic heterocycles. The summed E-state index contributed by atoms with van der Waals surface area (Å²) >= 11 is 0. The third-order valence-corrected chi connectivity index (χ3v) is 5.33. The molecule has 0 unspecified atom stereocenters. The fourth-order valence-corrected chi connectivity index (χ4v) is 3.56. The van der Waals surface area contributed by atoms with E-state index in [2.05, 4.69) is 19.9 Å². The van der Waals surface area contributed by atoms with Crippen LogP contribution in [0.25, 0.3) is 10.9 Å². The van der Waals surface area contributed by atoms with Gasteiger partial charge in [-0.1, -0.05) is 6.07 Å². The van der Waals surface area contributed by atoms with Gasteiger partial charge in [-0.3, -0.25) is 4.98 Å². The molecule has 31 heavy (non-hydrogen) atoms. The van der Waals surface area contributed by atoms with Gasteiger partial charge >= 0.3 is 0 Å². The molecule has 0 aliphatic heterocycles. The van der Waals surface area contributed by atoms with Gasteiger partial charge in [-0.2, -0.15) is 4.98 Å². The summed E-state index contributed by atoms with van der Waals surface area (Å²) in [6.07, 6.45) is 8.48. The molecule has 0 amide bonds. The van der Waals surface area contributed by atoms with Crippen molar-refractivity contribution in [3.8, 4) is 17.4 Å². The van der Waals surface area contributed by atoms with Crippen molar-refractivity contribution in [3.05, 3.63) is 54.2 Å². The molecule has 0 atom stereocenters. The summed E-state index contributed by atoms with van der Waals surface area (Å²) in [5, 5.41) is 10.7. The number of benzene rings is 1. The standard InChI is InChI=1S/C22H21N7O2/c1-12-3-6-16(30)13(2)20(12)31-22-19-15(26-11-27-21(19)23)9-17(28-22)29(14-4-5-14)18-10-24-7-8-25-18/h3,6-11,14,30H,4-5H2,1-2H3,(H2,23,26,27). The maximum Gasteiger partial charge on any atom is 0.234 e. The number of phenols is 1. The fourth-order valence-electron chi connectivity index (χ4n) is 3.56. The van der Waals surface area contributed by atoms with Gasteiger partial charge in [0.1, 0.15) is 34.8 Å². The molecule has 1 fully saturated rings. The molecule has 1 saturated carbocycles. The highest BCUT2D eigenvalue weighted by molar-refractivity contribution is 5.94. The predicted octanol–water partition coefficient (Wildman–Crippen LogP) is 3.81. The summed E-state index contributed by atoms with van der Waals surface area (Å²) in [5.74, 6) is 2.55. The van der Waals surface area contributed by atoms with Crippen molar-refractivity contribution in [2.75, 3.05) is 10.6 Å². The van der Waals surface area contributed by atoms with Crippen LogP contribution in [0.3, 0.4) is 0 Å². The van der Waals surface area contributed by atoms with Gasteiger partial charge in [-0.05, 0) is 38.3 Å². The van der Waals surface area contributed by atoms with E-state index in [0.717, 1.165) is 18.4 Å². The zero-order valence-corrected chi connectivity index (χ0v) is 17.1. The molecular formula is C22H21N7O2. The van der Waals surface area contributed by atoms with Crippen LogP contribution in [0.4, 0.5) is 17.5 Å². The van der Waals surface area contributed by atoms with Crippen LogP contribution in [-0.4, -0.2) is 36.1 Å². The van der Waals surface area contributed by atoms with E-state index in [1.54, 1.807) is 37.6 Å². The Morgan fingerprint density at radius 1 is 1.10 bits per heavy atom. The maximum atomic E-state index is 10.2. The van der Waals surface area contributed by atoms with Crippen LogP contribution in [-0.2, 0) is 0 Å². The Kier molecular flexibility index (Phi) is 4.50. The van der Waals surface area contributed by atoms with Crippen molar-refractivity contribution in [2.24, 2.45) is 0 Å². The van der Waals surface area contributed by atoms with Gasteiger partial charge < -0.3 is 20.5 Å². The number of pyridine rings is 1. The molecule has 5 rings (SSSR count). The molecule has 0 spiro atoms. The first-order valence-electron chi connectivity index (χ1n) is 9.96. The molecule has 4 aromatic rings. The molecule has 1 aliphatic rings. The lowest BCUT2D eigenvalue weighted by Crippen LogP contribution is -2.22. The van der Waals surface area contributed by atoms with Gasteiger partial charge in [-0.25, -0.2) is 15.0 Å². The van der Waals surface area contributed by atoms with E-state index in [0.29, 0.717) is 33.9 Å². The molecule has 1 aliphatic carbocycles. The summed E-state index contributed by atoms with van der Waals surface area (Å²) in [6, 6.07) is 5.56. The SMILES string of the molecule is Cc1ccc(O)c(C)c1Oc1nc(N(c2cnccn2)C2CC2)cc2ncnc(N)c12. The fraction of sp³-hybridized carbons (Fsp3) is 0.227. The number of phenolic OH excluding ortho intramolecular Hbond substituents is 1. The summed E-state index contributed by atoms with van der Waals surface area (Å²) in [4.78, 5) is 24.0. The highest BCUT2D eigenvalue weighted by Crippen LogP contribution is 2.41. The van der Waals surface area contributed by atoms with Gasteiger partial charge in [0.15, 0.2) is 5.82 Å². The number of aryl methyl sites for hydroxylation is 1. The second-order valence-electron chi connectivity index (χ2n) is 7.56. The zero-order valence-electron chi connectivity index (χ0n) is 17.1. The zero-order chi connectivity index (χ0) is 21.5. The minimum Gasteiger partial charge on any atom is -0.508 e. The average molecular weight is 415 g/mol. The number of fused-ring (bicyclic) bond motifs is 1. The number of nitrogen functional groups attached to an aromatic ring is 1. The second kappa shape index (κ2) is 7.35. The number of ether oxygens (including phenoxy) is 1. The molecule has 9 heteroatoms. The van der Waals surface area contributed by atoms with Gasteiger partial charge in [-0.15, -0.1) is 0 Å². The Morgan fingerprint density at radius 3 is 2.68 bits per heavy atom. The van der Waals surface area contributed by atoms with E-state index in [1.807, 2.05) is 17.9 Å². The third kappa shape index (κ3) is 3.43. The predicted molar refractivity (Wildman–Crippen MR) is 117 cm³/mol. The summed E-state index contributed by atoms with van der Waals surface area (Å²) in [7, 11) is 0. The molecule has 0 bridgehead atoms. The first kappa shape index (κ1) is 19.0. The molecule has 1 aromatic carbocycles. The minimum atomic E-state index is 0.143. The van der Waals surface area contributed by atoms with Gasteiger partial charge in [0, 0.05) is 30.1 Å². The van der Waals surface area contributed by atoms with E-state index in [-0.39, 0.29) is 23.5 Å². The second-order valence-corrected chi connectivity index (χ2v) is 7.56. The first-order chi connectivity index (χ1) is 15.0. The number of anilines is 3. The van der Waals surface area contributed by atoms with Crippen molar-refractivity contribution >= 4 is 28.4 Å². The molecule has 0 saturated heterocycles. The Hall–Kier alpha value is -4.01. The number of hydrogen-bond acceptors (Lipinski definition) is 9. The van der Waals surface area contributed by atoms with Gasteiger partial charge in [0.05, 0.1) is 11.7 Å². The van der Waals surface area contributed by atoms with Crippen molar-refractivity contribution < 1.29 is 9.84 Å². The lowest BCUT2D eigenvalue weighted by molar-refractivity contribution is 0.440. The Morgan fingerprint density at radius 2 is 1.94 bits per heavy atom. The number of nitrogens with zero attached hydrogens (tertiary/aromatic N) is 6. The van der Waals surface area contributed by atoms with Gasteiger partial charge in [0.25, 0.3) is 0 Å². The smallest absolute Gasteiger partial charge is 0.234 e. The number of hydrogen-bond donors (Lipinski definition) is 2. The van der Waals surface area contributed by atoms with Crippen LogP contribution >= 0.6 is 0 Å². The topological polar surface area (TPSA) is 123 Å². The average Bonchev–Trinajstić information content (AvgIpc) is 3.60. The van der Waals surface area contributed by atoms with Gasteiger partial charge in [0.2, 0.25) is 5.88 Å². The van der Waals surface area contributed by atoms with Crippen LogP contribution < -0.4 is 15.4 Å². The van der Waals surface area contributed by atoms with Crippen molar-refractivity contribution in [3.63, 3.8) is 0 Å². The Labute approximate surface area is 178 Å². The minimum absolute atomic E-state index is 0.143. The van der Waals surface area contributed by atoms with Crippen molar-refractivity contribution in [2.45, 2.75) is 32.7 Å². The highest BCUT2D eigenvalue weighted by atomic mass is 16.5. The van der Waals surface area contributed by atoms with E-state index in [1.165, 1.54) is 6.33 Å². The third-order valence-electron chi connectivity index (χ3n) is 5.33. The molecule has 9 nitrogen and oxygen atoms in total. The quantitative estimate of drug-likeness (QED) is 0.501. The number of rotatable bonds is 5. The van der Waals surface area contributed by atoms with Crippen molar-refractivity contribution in [1.29, 1.82) is 0 Å². The molecule has 156 valence electrons. The Bertz CT molecular complexity index is 1280. The van der Waals surface area contributed by atoms with Crippen LogP contribution in [0.15, 0.2) is 43.1 Å². The van der Waals surface area contributed by atoms with Crippen LogP contribution in [0, 0.1) is 13.8 Å². The molecule has 0 radical (unpaired) electrons. The lowest BCUT2D eigenvalue weighted by atomic mass is 10.1. The highest BCUT2D eigenvalue weighted by Gasteiger charge is 2.33. The largest absolute Gasteiger partial charge is 0.508 e. The molecule has 3 heterocycles. The number of nitrogens with two attached hydrogens (primary N) is 1. The van der Waals surface area contributed by atoms with Crippen LogP contribution in [0.2, 0.25) is 0 Å². The molecular weight excluding hydrogens is 394 g/mol. The van der Waals surface area contributed by atoms with Crippen molar-refractivity contribution in [1.82, 2.24) is 24.9 Å². The number of aromatic nitrogens is 5. The normalized spacial score (nSPS) is 13.4.